The van der Waals surface area contributed by atoms with Crippen LogP contribution in [0.2, 0.25) is 0 Å². The zero-order valence-corrected chi connectivity index (χ0v) is 9.86. The Bertz CT molecular complexity index is 340. The van der Waals surface area contributed by atoms with E-state index in [-0.39, 0.29) is 6.04 Å². The first-order chi connectivity index (χ1) is 7.83. The molecule has 0 aromatic heterocycles. The van der Waals surface area contributed by atoms with E-state index < -0.39 is 0 Å². The molecule has 1 heterocycles. The molecule has 1 aromatic carbocycles. The van der Waals surface area contributed by atoms with Crippen LogP contribution in [0.5, 0.6) is 0 Å². The molecule has 0 radical (unpaired) electrons. The molecule has 1 aromatic rings. The lowest BCUT2D eigenvalue weighted by Crippen LogP contribution is -2.35. The van der Waals surface area contributed by atoms with Gasteiger partial charge in [-0.1, -0.05) is 18.2 Å². The molecule has 16 heavy (non-hydrogen) atoms. The average Bonchev–Trinajstić information content (AvgIpc) is 2.33. The molecule has 2 rings (SSSR count). The van der Waals surface area contributed by atoms with Gasteiger partial charge in [0, 0.05) is 31.4 Å². The van der Waals surface area contributed by atoms with Crippen molar-refractivity contribution in [3.63, 3.8) is 0 Å². The Morgan fingerprint density at radius 3 is 3.06 bits per heavy atom. The number of rotatable bonds is 4. The van der Waals surface area contributed by atoms with Gasteiger partial charge in [-0.25, -0.2) is 0 Å². The number of nitrogens with two attached hydrogens (primary N) is 1. The van der Waals surface area contributed by atoms with Crippen molar-refractivity contribution in [2.75, 3.05) is 31.2 Å². The van der Waals surface area contributed by atoms with E-state index in [2.05, 4.69) is 29.2 Å². The second kappa shape index (κ2) is 5.32. The molecule has 0 saturated heterocycles. The molecular weight excluding hydrogens is 200 g/mol. The van der Waals surface area contributed by atoms with Crippen molar-refractivity contribution in [3.05, 3.63) is 29.8 Å². The van der Waals surface area contributed by atoms with E-state index >= 15 is 0 Å². The molecule has 0 saturated carbocycles. The summed E-state index contributed by atoms with van der Waals surface area (Å²) in [5, 5.41) is 0. The summed E-state index contributed by atoms with van der Waals surface area (Å²) in [4.78, 5) is 2.37. The van der Waals surface area contributed by atoms with Crippen molar-refractivity contribution in [1.82, 2.24) is 0 Å². The molecule has 1 atom stereocenters. The third-order valence-corrected chi connectivity index (χ3v) is 3.10. The fourth-order valence-corrected chi connectivity index (χ4v) is 2.21. The number of anilines is 1. The Balaban J connectivity index is 2.09. The number of hydrogen-bond donors (Lipinski definition) is 1. The lowest BCUT2D eigenvalue weighted by atomic mass is 9.97. The van der Waals surface area contributed by atoms with E-state index in [9.17, 15) is 0 Å². The van der Waals surface area contributed by atoms with Crippen molar-refractivity contribution in [3.8, 4) is 0 Å². The van der Waals surface area contributed by atoms with Crippen LogP contribution in [0.3, 0.4) is 0 Å². The van der Waals surface area contributed by atoms with Crippen LogP contribution in [0.15, 0.2) is 24.3 Å². The zero-order valence-electron chi connectivity index (χ0n) is 9.86. The lowest BCUT2D eigenvalue weighted by Gasteiger charge is -2.34. The first kappa shape index (κ1) is 11.4. The predicted molar refractivity (Wildman–Crippen MR) is 66.7 cm³/mol. The van der Waals surface area contributed by atoms with Crippen LogP contribution in [0, 0.1) is 0 Å². The highest BCUT2D eigenvalue weighted by molar-refractivity contribution is 5.56. The first-order valence-electron chi connectivity index (χ1n) is 6.00. The lowest BCUT2D eigenvalue weighted by molar-refractivity contribution is 0.153. The number of hydrogen-bond acceptors (Lipinski definition) is 3. The van der Waals surface area contributed by atoms with Crippen LogP contribution in [0.4, 0.5) is 5.69 Å². The Morgan fingerprint density at radius 2 is 2.25 bits per heavy atom. The van der Waals surface area contributed by atoms with Gasteiger partial charge < -0.3 is 15.4 Å². The van der Waals surface area contributed by atoms with Crippen molar-refractivity contribution in [2.24, 2.45) is 5.73 Å². The minimum Gasteiger partial charge on any atom is -0.380 e. The van der Waals surface area contributed by atoms with Gasteiger partial charge in [0.15, 0.2) is 0 Å². The third-order valence-electron chi connectivity index (χ3n) is 3.10. The molecule has 2 N–H and O–H groups in total. The molecule has 0 aliphatic carbocycles. The molecule has 88 valence electrons. The van der Waals surface area contributed by atoms with E-state index in [1.807, 2.05) is 6.92 Å². The van der Waals surface area contributed by atoms with Crippen LogP contribution < -0.4 is 10.6 Å². The van der Waals surface area contributed by atoms with Crippen LogP contribution >= 0.6 is 0 Å². The molecule has 0 fully saturated rings. The second-order valence-corrected chi connectivity index (χ2v) is 4.14. The second-order valence-electron chi connectivity index (χ2n) is 4.14. The van der Waals surface area contributed by atoms with Crippen LogP contribution in [0.25, 0.3) is 0 Å². The number of ether oxygens (including phenoxy) is 1. The fourth-order valence-electron chi connectivity index (χ4n) is 2.21. The first-order valence-corrected chi connectivity index (χ1v) is 6.00. The minimum atomic E-state index is 0.194. The van der Waals surface area contributed by atoms with Gasteiger partial charge in [-0.3, -0.25) is 0 Å². The maximum absolute atomic E-state index is 6.11. The van der Waals surface area contributed by atoms with Crippen molar-refractivity contribution in [1.29, 1.82) is 0 Å². The van der Waals surface area contributed by atoms with E-state index in [4.69, 9.17) is 10.5 Å². The quantitative estimate of drug-likeness (QED) is 0.788. The zero-order chi connectivity index (χ0) is 11.4. The van der Waals surface area contributed by atoms with Crippen molar-refractivity contribution in [2.45, 2.75) is 19.4 Å². The number of nitrogens with zero attached hydrogens (tertiary/aromatic N) is 1. The summed E-state index contributed by atoms with van der Waals surface area (Å²) in [5.74, 6) is 0. The number of benzene rings is 1. The fraction of sp³-hybridized carbons (Fsp3) is 0.538. The molecule has 1 aliphatic heterocycles. The van der Waals surface area contributed by atoms with Gasteiger partial charge in [0.25, 0.3) is 0 Å². The molecule has 0 bridgehead atoms. The standard InChI is InChI=1S/C13H20N2O/c1-2-16-10-9-15-8-7-12(14)11-5-3-4-6-13(11)15/h3-6,12H,2,7-10,14H2,1H3. The van der Waals surface area contributed by atoms with Gasteiger partial charge in [0.05, 0.1) is 6.61 Å². The van der Waals surface area contributed by atoms with E-state index in [0.29, 0.717) is 0 Å². The summed E-state index contributed by atoms with van der Waals surface area (Å²) in [7, 11) is 0. The predicted octanol–water partition coefficient (Wildman–Crippen LogP) is 1.93. The minimum absolute atomic E-state index is 0.194. The third kappa shape index (κ3) is 2.36. The van der Waals surface area contributed by atoms with Crippen LogP contribution in [-0.2, 0) is 4.74 Å². The van der Waals surface area contributed by atoms with Gasteiger partial charge in [-0.15, -0.1) is 0 Å². The molecule has 3 nitrogen and oxygen atoms in total. The van der Waals surface area contributed by atoms with Crippen molar-refractivity contribution < 1.29 is 4.74 Å². The smallest absolute Gasteiger partial charge is 0.0641 e. The van der Waals surface area contributed by atoms with Gasteiger partial charge in [0.2, 0.25) is 0 Å². The van der Waals surface area contributed by atoms with E-state index in [1.165, 1.54) is 11.3 Å². The van der Waals surface area contributed by atoms with Gasteiger partial charge in [0.1, 0.15) is 0 Å². The normalized spacial score (nSPS) is 19.6. The summed E-state index contributed by atoms with van der Waals surface area (Å²) < 4.78 is 5.41. The largest absolute Gasteiger partial charge is 0.380 e. The monoisotopic (exact) mass is 220 g/mol. The summed E-state index contributed by atoms with van der Waals surface area (Å²) >= 11 is 0. The number of para-hydroxylation sites is 1. The van der Waals surface area contributed by atoms with Crippen LogP contribution in [0.1, 0.15) is 24.9 Å². The van der Waals surface area contributed by atoms with Gasteiger partial charge in [-0.2, -0.15) is 0 Å². The van der Waals surface area contributed by atoms with Crippen LogP contribution in [-0.4, -0.2) is 26.3 Å². The summed E-state index contributed by atoms with van der Waals surface area (Å²) in [6.45, 7) is 5.60. The SMILES string of the molecule is CCOCCN1CCC(N)c2ccccc21. The maximum Gasteiger partial charge on any atom is 0.0641 e. The number of fused-ring (bicyclic) bond motifs is 1. The molecule has 0 spiro atoms. The molecule has 1 aliphatic rings. The van der Waals surface area contributed by atoms with Gasteiger partial charge >= 0.3 is 0 Å². The van der Waals surface area contributed by atoms with Crippen molar-refractivity contribution >= 4 is 5.69 Å². The molecule has 1 unspecified atom stereocenters. The maximum atomic E-state index is 6.11. The molecule has 3 heteroatoms. The van der Waals surface area contributed by atoms with E-state index in [1.54, 1.807) is 0 Å². The summed E-state index contributed by atoms with van der Waals surface area (Å²) in [6.07, 6.45) is 1.03. The molecule has 0 amide bonds. The summed E-state index contributed by atoms with van der Waals surface area (Å²) in [5.41, 5.74) is 8.65. The Labute approximate surface area is 97.2 Å². The Hall–Kier alpha value is -1.06. The highest BCUT2D eigenvalue weighted by Crippen LogP contribution is 2.31. The van der Waals surface area contributed by atoms with Gasteiger partial charge in [-0.05, 0) is 25.0 Å². The Kier molecular flexibility index (Phi) is 3.80. The average molecular weight is 220 g/mol. The molecular formula is C13H20N2O. The van der Waals surface area contributed by atoms with E-state index in [0.717, 1.165) is 32.7 Å². The highest BCUT2D eigenvalue weighted by atomic mass is 16.5. The highest BCUT2D eigenvalue weighted by Gasteiger charge is 2.21. The summed E-state index contributed by atoms with van der Waals surface area (Å²) in [6, 6.07) is 8.61. The topological polar surface area (TPSA) is 38.5 Å². The Morgan fingerprint density at radius 1 is 1.44 bits per heavy atom.